The lowest BCUT2D eigenvalue weighted by Crippen LogP contribution is -2.24. The van der Waals surface area contributed by atoms with E-state index in [9.17, 15) is 0 Å². The van der Waals surface area contributed by atoms with Crippen LogP contribution in [0.2, 0.25) is 0 Å². The summed E-state index contributed by atoms with van der Waals surface area (Å²) < 4.78 is 17.6. The van der Waals surface area contributed by atoms with Crippen LogP contribution in [0.4, 0.5) is 0 Å². The fourth-order valence-corrected chi connectivity index (χ4v) is 21.0. The van der Waals surface area contributed by atoms with Crippen molar-refractivity contribution < 1.29 is 14.2 Å². The van der Waals surface area contributed by atoms with Gasteiger partial charge < -0.3 is 14.2 Å². The summed E-state index contributed by atoms with van der Waals surface area (Å²) in [5.74, 6) is 2.01. The molecular formula is C130H92N6O3. The Morgan fingerprint density at radius 3 is 0.712 bits per heavy atom. The Kier molecular flexibility index (Phi) is 20.7. The van der Waals surface area contributed by atoms with Crippen LogP contribution in [-0.4, -0.2) is 70.1 Å². The van der Waals surface area contributed by atoms with E-state index < -0.39 is 0 Å². The van der Waals surface area contributed by atoms with E-state index in [1.54, 1.807) is 0 Å². The van der Waals surface area contributed by atoms with E-state index in [0.717, 1.165) is 50.5 Å². The predicted molar refractivity (Wildman–Crippen MR) is 582 cm³/mol. The molecule has 0 N–H and O–H groups in total. The van der Waals surface area contributed by atoms with Gasteiger partial charge in [-0.05, 0) is 315 Å². The standard InChI is InChI=1S/2C44H32N2O.C42H28N2O/c1-44(2)27-47-43(46-44)35-20-22-40(45-26-35)32-19-21-38-39(25-32)42(34-18-16-29-10-4-6-12-31(29)24-34)37-14-8-7-13-36(37)41(38)33-17-15-28-9-3-5-11-30(28)23-33;1-44(2)27-46-43(47-44)35-20-22-40(45-26-35)32-19-21-38-39(25-32)42(34-18-16-29-10-4-6-12-31(29)24-34)37-14-8-7-13-36(37)41(38)33-17-15-28-9-3-5-11-30(28)23-33;1-3-9-29-23-32(15-13-27(29)7-1)40-35-11-5-6-12-36(35)41(33-16-14-28-8-2-4-10-30(28)24-33)38-25-31(17-19-37(38)40)39-20-18-34(26-44-39)42-43-21-22-45-42/h2*3-26H,27H2,1-2H3;1-20,23-26H,21-22H2. The van der Waals surface area contributed by atoms with Crippen molar-refractivity contribution in [2.75, 3.05) is 26.3 Å². The molecule has 9 nitrogen and oxygen atoms in total. The van der Waals surface area contributed by atoms with Gasteiger partial charge in [-0.25, -0.2) is 15.0 Å². The Morgan fingerprint density at radius 2 is 0.460 bits per heavy atom. The minimum absolute atomic E-state index is 0.211. The Balaban J connectivity index is 0.000000110. The highest BCUT2D eigenvalue weighted by Gasteiger charge is 2.31. The first-order valence-electron chi connectivity index (χ1n) is 47.8. The van der Waals surface area contributed by atoms with E-state index >= 15 is 0 Å². The molecule has 27 rings (SSSR count). The van der Waals surface area contributed by atoms with Crippen LogP contribution >= 0.6 is 0 Å². The molecular weight excluding hydrogens is 1690 g/mol. The average molecular weight is 1790 g/mol. The molecule has 0 bridgehead atoms. The average Bonchev–Trinajstić information content (AvgIpc) is 0.841. The van der Waals surface area contributed by atoms with Gasteiger partial charge in [0.1, 0.15) is 18.8 Å². The van der Waals surface area contributed by atoms with Crippen molar-refractivity contribution in [3.8, 4) is 101 Å². The zero-order valence-corrected chi connectivity index (χ0v) is 77.3. The van der Waals surface area contributed by atoms with Crippen LogP contribution < -0.4 is 0 Å². The molecule has 0 saturated heterocycles. The number of benzene rings is 21. The molecule has 0 radical (unpaired) electrons. The van der Waals surface area contributed by atoms with Crippen molar-refractivity contribution in [2.24, 2.45) is 15.0 Å². The van der Waals surface area contributed by atoms with Crippen LogP contribution in [-0.2, 0) is 14.2 Å². The monoisotopic (exact) mass is 1780 g/mol. The second-order valence-corrected chi connectivity index (χ2v) is 37.9. The van der Waals surface area contributed by atoms with Crippen LogP contribution in [0.5, 0.6) is 0 Å². The number of ether oxygens (including phenoxy) is 3. The minimum atomic E-state index is -0.281. The molecule has 0 fully saturated rings. The largest absolute Gasteiger partial charge is 0.475 e. The highest BCUT2D eigenvalue weighted by molar-refractivity contribution is 6.26. The number of hydrogen-bond donors (Lipinski definition) is 0. The van der Waals surface area contributed by atoms with Crippen molar-refractivity contribution in [1.82, 2.24) is 15.0 Å². The first-order chi connectivity index (χ1) is 68.3. The van der Waals surface area contributed by atoms with E-state index in [4.69, 9.17) is 34.2 Å². The summed E-state index contributed by atoms with van der Waals surface area (Å²) in [5, 5.41) is 29.6. The van der Waals surface area contributed by atoms with E-state index in [2.05, 4.69) is 456 Å². The second kappa shape index (κ2) is 34.5. The summed E-state index contributed by atoms with van der Waals surface area (Å²) in [6.07, 6.45) is 5.63. The lowest BCUT2D eigenvalue weighted by molar-refractivity contribution is 0.131. The van der Waals surface area contributed by atoms with Crippen molar-refractivity contribution in [3.05, 3.63) is 454 Å². The summed E-state index contributed by atoms with van der Waals surface area (Å²) >= 11 is 0. The normalized spacial score (nSPS) is 13.8. The van der Waals surface area contributed by atoms with Crippen LogP contribution in [0.1, 0.15) is 44.4 Å². The maximum atomic E-state index is 6.07. The van der Waals surface area contributed by atoms with Gasteiger partial charge in [0, 0.05) is 35.3 Å². The molecule has 21 aromatic carbocycles. The van der Waals surface area contributed by atoms with Crippen molar-refractivity contribution in [3.63, 3.8) is 0 Å². The molecule has 3 aromatic heterocycles. The molecule has 0 spiro atoms. The molecule has 139 heavy (non-hydrogen) atoms. The van der Waals surface area contributed by atoms with Gasteiger partial charge in [-0.1, -0.05) is 328 Å². The molecule has 0 atom stereocenters. The molecule has 660 valence electrons. The third kappa shape index (κ3) is 15.6. The third-order valence-electron chi connectivity index (χ3n) is 27.7. The van der Waals surface area contributed by atoms with E-state index in [1.807, 2.05) is 18.6 Å². The molecule has 3 aliphatic heterocycles. The van der Waals surface area contributed by atoms with E-state index in [1.165, 1.54) is 196 Å². The lowest BCUT2D eigenvalue weighted by Gasteiger charge is -2.19. The Labute approximate surface area is 805 Å². The summed E-state index contributed by atoms with van der Waals surface area (Å²) in [6.45, 7) is 10.9. The minimum Gasteiger partial charge on any atom is -0.475 e. The van der Waals surface area contributed by atoms with Crippen LogP contribution in [0.3, 0.4) is 0 Å². The first-order valence-corrected chi connectivity index (χ1v) is 47.8. The van der Waals surface area contributed by atoms with Gasteiger partial charge in [0.25, 0.3) is 0 Å². The Hall–Kier alpha value is -17.4. The Bertz CT molecular complexity index is 9240. The number of hydrogen-bond acceptors (Lipinski definition) is 9. The molecule has 6 heterocycles. The molecule has 3 aliphatic rings. The van der Waals surface area contributed by atoms with Crippen LogP contribution in [0.15, 0.2) is 452 Å². The van der Waals surface area contributed by atoms with Gasteiger partial charge in [-0.2, -0.15) is 0 Å². The fourth-order valence-electron chi connectivity index (χ4n) is 21.0. The van der Waals surface area contributed by atoms with Gasteiger partial charge in [-0.15, -0.1) is 0 Å². The van der Waals surface area contributed by atoms with Crippen molar-refractivity contribution in [2.45, 2.75) is 38.8 Å². The fraction of sp³-hybridized carbons (Fsp3) is 0.0769. The van der Waals surface area contributed by atoms with E-state index in [0.29, 0.717) is 44.0 Å². The van der Waals surface area contributed by atoms with E-state index in [-0.39, 0.29) is 11.1 Å². The third-order valence-corrected chi connectivity index (χ3v) is 27.7. The maximum absolute atomic E-state index is 6.07. The molecule has 0 saturated carbocycles. The lowest BCUT2D eigenvalue weighted by atomic mass is 9.84. The van der Waals surface area contributed by atoms with Gasteiger partial charge in [0.2, 0.25) is 17.7 Å². The number of pyridine rings is 3. The van der Waals surface area contributed by atoms with Gasteiger partial charge in [0.15, 0.2) is 0 Å². The van der Waals surface area contributed by atoms with Gasteiger partial charge in [-0.3, -0.25) is 15.0 Å². The zero-order valence-electron chi connectivity index (χ0n) is 77.3. The SMILES string of the molecule is CC1(C)CN=C(c2ccc(-c3ccc4c(-c5ccc6ccccc6c5)c5ccccc5c(-c5ccc6ccccc6c5)c4c3)nc2)O1.CC1(C)COC(c2ccc(-c3ccc4c(-c5ccc6ccccc6c5)c5ccccc5c(-c5ccc6ccccc6c5)c4c3)nc2)=N1.c1ccc2cc(-c3c4ccccc4c(-c4ccc5ccccc5c4)c4cc(-c5ccc(C6=NCCO6)cn5)ccc34)ccc2c1. The Morgan fingerprint density at radius 1 is 0.209 bits per heavy atom. The van der Waals surface area contributed by atoms with Crippen LogP contribution in [0.25, 0.3) is 230 Å². The van der Waals surface area contributed by atoms with Gasteiger partial charge >= 0.3 is 0 Å². The molecule has 24 aromatic rings. The smallest absolute Gasteiger partial charge is 0.218 e. The summed E-state index contributed by atoms with van der Waals surface area (Å²) in [6, 6.07) is 152. The number of rotatable bonds is 12. The predicted octanol–water partition coefficient (Wildman–Crippen LogP) is 33.0. The number of aromatic nitrogens is 3. The van der Waals surface area contributed by atoms with Crippen LogP contribution in [0, 0.1) is 0 Å². The molecule has 0 amide bonds. The zero-order chi connectivity index (χ0) is 92.8. The van der Waals surface area contributed by atoms with Crippen molar-refractivity contribution >= 4 is 147 Å². The second-order valence-electron chi connectivity index (χ2n) is 37.9. The number of aliphatic imine (C=N–C) groups is 3. The highest BCUT2D eigenvalue weighted by Crippen LogP contribution is 2.51. The number of nitrogens with zero attached hydrogens (tertiary/aromatic N) is 6. The summed E-state index contributed by atoms with van der Waals surface area (Å²) in [4.78, 5) is 28.5. The van der Waals surface area contributed by atoms with Crippen molar-refractivity contribution in [1.29, 1.82) is 0 Å². The van der Waals surface area contributed by atoms with Gasteiger partial charge in [0.05, 0.1) is 52.4 Å². The molecule has 0 unspecified atom stereocenters. The quantitative estimate of drug-likeness (QED) is 0.113. The highest BCUT2D eigenvalue weighted by atomic mass is 16.5. The maximum Gasteiger partial charge on any atom is 0.218 e. The molecule has 0 aliphatic carbocycles. The topological polar surface area (TPSA) is 103 Å². The number of fused-ring (bicyclic) bond motifs is 12. The summed E-state index contributed by atoms with van der Waals surface area (Å²) in [5.41, 5.74) is 22.9. The summed E-state index contributed by atoms with van der Waals surface area (Å²) in [7, 11) is 0. The first kappa shape index (κ1) is 83.4. The molecule has 9 heteroatoms.